The molecule has 0 radical (unpaired) electrons. The number of benzene rings is 2. The number of carbonyl (C=O) groups is 2. The van der Waals surface area contributed by atoms with Crippen LogP contribution in [0.5, 0.6) is 0 Å². The van der Waals surface area contributed by atoms with Gasteiger partial charge in [-0.05, 0) is 62.1 Å². The fourth-order valence-corrected chi connectivity index (χ4v) is 4.62. The van der Waals surface area contributed by atoms with E-state index in [1.165, 1.54) is 12.1 Å². The van der Waals surface area contributed by atoms with Gasteiger partial charge >= 0.3 is 0 Å². The highest BCUT2D eigenvalue weighted by Crippen LogP contribution is 2.35. The molecule has 0 saturated carbocycles. The molecule has 0 aromatic heterocycles. The molecule has 0 unspecified atom stereocenters. The Morgan fingerprint density at radius 2 is 2.03 bits per heavy atom. The van der Waals surface area contributed by atoms with E-state index >= 15 is 0 Å². The Labute approximate surface area is 180 Å². The average molecular weight is 430 g/mol. The van der Waals surface area contributed by atoms with Crippen molar-refractivity contribution < 1.29 is 14.0 Å². The summed E-state index contributed by atoms with van der Waals surface area (Å²) in [4.78, 5) is 30.0. The first kappa shape index (κ1) is 20.7. The Balaban J connectivity index is 1.57. The van der Waals surface area contributed by atoms with Crippen LogP contribution in [0.25, 0.3) is 0 Å². The Bertz CT molecular complexity index is 981. The van der Waals surface area contributed by atoms with Gasteiger partial charge in [0, 0.05) is 30.2 Å². The number of hydrogen-bond acceptors (Lipinski definition) is 3. The molecule has 1 N–H and O–H groups in total. The number of carbonyl (C=O) groups excluding carboxylic acids is 2. The van der Waals surface area contributed by atoms with Crippen molar-refractivity contribution in [3.8, 4) is 0 Å². The van der Waals surface area contributed by atoms with E-state index in [1.54, 1.807) is 24.3 Å². The summed E-state index contributed by atoms with van der Waals surface area (Å²) in [5, 5.41) is 3.11. The van der Waals surface area contributed by atoms with Crippen LogP contribution in [0.1, 0.15) is 58.9 Å². The summed E-state index contributed by atoms with van der Waals surface area (Å²) in [6.07, 6.45) is 4.25. The highest BCUT2D eigenvalue weighted by Gasteiger charge is 2.37. The van der Waals surface area contributed by atoms with E-state index in [1.807, 2.05) is 4.90 Å². The Hall–Kier alpha value is -2.60. The Morgan fingerprint density at radius 3 is 2.80 bits per heavy atom. The van der Waals surface area contributed by atoms with Crippen LogP contribution < -0.4 is 10.2 Å². The molecule has 1 atom stereocenters. The Morgan fingerprint density at radius 1 is 1.20 bits per heavy atom. The lowest BCUT2D eigenvalue weighted by molar-refractivity contribution is 0.0656. The average Bonchev–Trinajstić information content (AvgIpc) is 2.99. The molecule has 2 amide bonds. The third kappa shape index (κ3) is 3.88. The lowest BCUT2D eigenvalue weighted by Crippen LogP contribution is -2.55. The molecule has 1 saturated heterocycles. The summed E-state index contributed by atoms with van der Waals surface area (Å²) in [6, 6.07) is 9.34. The van der Waals surface area contributed by atoms with Gasteiger partial charge in [-0.2, -0.15) is 0 Å². The molecule has 2 aromatic carbocycles. The maximum atomic E-state index is 13.2. The standard InChI is InChI=1S/C23H25ClFN3O2/c1-2-27-20-12-15(22(29)26-14-16-7-9-17(25)13-19(16)24)8-10-18(20)23(30)28-11-5-3-4-6-21(27)28/h7-10,12-13,21H,2-6,11,14H2,1H3,(H,26,29)/t21-/m1/s1. The van der Waals surface area contributed by atoms with Crippen molar-refractivity contribution in [2.45, 2.75) is 45.3 Å². The molecular weight excluding hydrogens is 405 g/mol. The molecule has 1 fully saturated rings. The summed E-state index contributed by atoms with van der Waals surface area (Å²) in [5.74, 6) is -0.627. The number of nitrogens with one attached hydrogen (secondary N) is 1. The van der Waals surface area contributed by atoms with Crippen LogP contribution in [0.15, 0.2) is 36.4 Å². The third-order valence-electron chi connectivity index (χ3n) is 5.94. The molecule has 0 spiro atoms. The summed E-state index contributed by atoms with van der Waals surface area (Å²) >= 11 is 6.05. The number of anilines is 1. The minimum atomic E-state index is -0.415. The SMILES string of the molecule is CCN1c2cc(C(=O)NCc3ccc(F)cc3Cl)ccc2C(=O)N2CCCCC[C@@H]21. The third-order valence-corrected chi connectivity index (χ3v) is 6.29. The summed E-state index contributed by atoms with van der Waals surface area (Å²) < 4.78 is 13.2. The topological polar surface area (TPSA) is 52.7 Å². The quantitative estimate of drug-likeness (QED) is 0.773. The monoisotopic (exact) mass is 429 g/mol. The zero-order valence-electron chi connectivity index (χ0n) is 17.0. The zero-order chi connectivity index (χ0) is 21.3. The van der Waals surface area contributed by atoms with Crippen LogP contribution in [0.2, 0.25) is 5.02 Å². The van der Waals surface area contributed by atoms with Crippen LogP contribution >= 0.6 is 11.6 Å². The molecule has 2 heterocycles. The molecule has 30 heavy (non-hydrogen) atoms. The maximum absolute atomic E-state index is 13.2. The van der Waals surface area contributed by atoms with Crippen molar-refractivity contribution in [1.82, 2.24) is 10.2 Å². The van der Waals surface area contributed by atoms with E-state index in [-0.39, 0.29) is 29.5 Å². The van der Waals surface area contributed by atoms with Gasteiger partial charge in [-0.25, -0.2) is 4.39 Å². The first-order chi connectivity index (χ1) is 14.5. The Kier molecular flexibility index (Phi) is 5.95. The van der Waals surface area contributed by atoms with Crippen molar-refractivity contribution in [1.29, 1.82) is 0 Å². The van der Waals surface area contributed by atoms with Gasteiger partial charge in [0.25, 0.3) is 11.8 Å². The molecule has 0 aliphatic carbocycles. The number of fused-ring (bicyclic) bond motifs is 2. The van der Waals surface area contributed by atoms with Gasteiger partial charge in [0.15, 0.2) is 0 Å². The zero-order valence-corrected chi connectivity index (χ0v) is 17.7. The van der Waals surface area contributed by atoms with Crippen molar-refractivity contribution >= 4 is 29.1 Å². The van der Waals surface area contributed by atoms with Crippen molar-refractivity contribution in [3.05, 3.63) is 63.9 Å². The predicted octanol–water partition coefficient (Wildman–Crippen LogP) is 4.59. The summed E-state index contributed by atoms with van der Waals surface area (Å²) in [5.41, 5.74) is 2.59. The van der Waals surface area contributed by atoms with Gasteiger partial charge < -0.3 is 15.1 Å². The van der Waals surface area contributed by atoms with E-state index in [0.717, 1.165) is 44.5 Å². The smallest absolute Gasteiger partial charge is 0.257 e. The minimum Gasteiger partial charge on any atom is -0.351 e. The van der Waals surface area contributed by atoms with Crippen molar-refractivity contribution in [3.63, 3.8) is 0 Å². The second-order valence-corrected chi connectivity index (χ2v) is 8.17. The highest BCUT2D eigenvalue weighted by atomic mass is 35.5. The number of nitrogens with zero attached hydrogens (tertiary/aromatic N) is 2. The van der Waals surface area contributed by atoms with E-state index in [2.05, 4.69) is 17.1 Å². The normalized spacial score (nSPS) is 18.5. The van der Waals surface area contributed by atoms with E-state index < -0.39 is 5.82 Å². The van der Waals surface area contributed by atoms with E-state index in [0.29, 0.717) is 16.7 Å². The van der Waals surface area contributed by atoms with E-state index in [4.69, 9.17) is 11.6 Å². The first-order valence-electron chi connectivity index (χ1n) is 10.4. The van der Waals surface area contributed by atoms with Crippen molar-refractivity contribution in [2.75, 3.05) is 18.0 Å². The maximum Gasteiger partial charge on any atom is 0.257 e. The second kappa shape index (κ2) is 8.64. The van der Waals surface area contributed by atoms with Gasteiger partial charge in [-0.1, -0.05) is 24.1 Å². The van der Waals surface area contributed by atoms with Crippen LogP contribution in [-0.4, -0.2) is 36.0 Å². The number of amides is 2. The van der Waals surface area contributed by atoms with Gasteiger partial charge in [-0.3, -0.25) is 9.59 Å². The lowest BCUT2D eigenvalue weighted by Gasteiger charge is -2.44. The largest absolute Gasteiger partial charge is 0.351 e. The van der Waals surface area contributed by atoms with Crippen LogP contribution in [0, 0.1) is 5.82 Å². The lowest BCUT2D eigenvalue weighted by atomic mass is 10.0. The van der Waals surface area contributed by atoms with Crippen LogP contribution in [0.3, 0.4) is 0 Å². The molecule has 0 bridgehead atoms. The van der Waals surface area contributed by atoms with Crippen LogP contribution in [0.4, 0.5) is 10.1 Å². The fourth-order valence-electron chi connectivity index (χ4n) is 4.38. The molecule has 158 valence electrons. The molecule has 7 heteroatoms. The summed E-state index contributed by atoms with van der Waals surface area (Å²) in [7, 11) is 0. The molecule has 5 nitrogen and oxygen atoms in total. The minimum absolute atomic E-state index is 0.0478. The van der Waals surface area contributed by atoms with Gasteiger partial charge in [-0.15, -0.1) is 0 Å². The van der Waals surface area contributed by atoms with E-state index in [9.17, 15) is 14.0 Å². The fraction of sp³-hybridized carbons (Fsp3) is 0.391. The van der Waals surface area contributed by atoms with Crippen LogP contribution in [-0.2, 0) is 6.54 Å². The molecule has 2 aliphatic rings. The molecule has 4 rings (SSSR count). The molecule has 2 aromatic rings. The molecular formula is C23H25ClFN3O2. The highest BCUT2D eigenvalue weighted by molar-refractivity contribution is 6.31. The molecule has 2 aliphatic heterocycles. The van der Waals surface area contributed by atoms with Gasteiger partial charge in [0.1, 0.15) is 12.0 Å². The van der Waals surface area contributed by atoms with Gasteiger partial charge in [0.2, 0.25) is 0 Å². The predicted molar refractivity (Wildman–Crippen MR) is 115 cm³/mol. The van der Waals surface area contributed by atoms with Crippen molar-refractivity contribution in [2.24, 2.45) is 0 Å². The van der Waals surface area contributed by atoms with Gasteiger partial charge in [0.05, 0.1) is 11.3 Å². The second-order valence-electron chi connectivity index (χ2n) is 7.76. The first-order valence-corrected chi connectivity index (χ1v) is 10.8. The number of halogens is 2. The number of hydrogen-bond donors (Lipinski definition) is 1. The summed E-state index contributed by atoms with van der Waals surface area (Å²) in [6.45, 7) is 3.81. The number of rotatable bonds is 4.